The lowest BCUT2D eigenvalue weighted by Crippen LogP contribution is -2.30. The van der Waals surface area contributed by atoms with Gasteiger partial charge in [0.15, 0.2) is 0 Å². The minimum atomic E-state index is -4.41. The largest absolute Gasteiger partial charge is 0.726 e. The van der Waals surface area contributed by atoms with Crippen LogP contribution in [0.4, 0.5) is 0 Å². The van der Waals surface area contributed by atoms with Crippen LogP contribution in [0.15, 0.2) is 48.5 Å². The summed E-state index contributed by atoms with van der Waals surface area (Å²) in [7, 11) is -1.53. The monoisotopic (exact) mass is 369 g/mol. The Morgan fingerprint density at radius 1 is 1.08 bits per heavy atom. The van der Waals surface area contributed by atoms with Crippen LogP contribution in [0.5, 0.6) is 0 Å². The standard InChI is InChI=1S/C13H11N2.CH4O4S.HNO3/c1-15-12-8-4-2-6-10(12)14-11-7-3-5-9-13(11)15;1-5-6(2,3)4;2-1(3)4/h2-9H,1H3;1H3,(H,2,3,4);(H,2,3,4)/q+1;;/p-1. The minimum absolute atomic E-state index is 0.808. The molecule has 0 saturated heterocycles. The van der Waals surface area contributed by atoms with E-state index in [9.17, 15) is 13.0 Å². The lowest BCUT2D eigenvalue weighted by molar-refractivity contribution is -0.742. The Hall–Kier alpha value is -2.89. The highest BCUT2D eigenvalue weighted by Gasteiger charge is 2.10. The predicted octanol–water partition coefficient (Wildman–Crippen LogP) is 0.958. The van der Waals surface area contributed by atoms with Gasteiger partial charge in [0, 0.05) is 12.1 Å². The van der Waals surface area contributed by atoms with Crippen molar-refractivity contribution in [1.82, 2.24) is 4.98 Å². The molecule has 0 amide bonds. The van der Waals surface area contributed by atoms with Crippen LogP contribution in [0.2, 0.25) is 0 Å². The van der Waals surface area contributed by atoms with Crippen molar-refractivity contribution in [2.45, 2.75) is 0 Å². The second-order valence-corrected chi connectivity index (χ2v) is 5.61. The third-order valence-corrected chi connectivity index (χ3v) is 3.34. The van der Waals surface area contributed by atoms with E-state index >= 15 is 0 Å². The maximum absolute atomic E-state index is 9.22. The normalized spacial score (nSPS) is 10.4. The van der Waals surface area contributed by atoms with Crippen LogP contribution in [0.25, 0.3) is 22.1 Å². The van der Waals surface area contributed by atoms with Gasteiger partial charge in [-0.2, -0.15) is 4.57 Å². The number of aromatic nitrogens is 2. The van der Waals surface area contributed by atoms with Gasteiger partial charge in [0.1, 0.15) is 18.1 Å². The van der Waals surface area contributed by atoms with E-state index in [4.69, 9.17) is 15.3 Å². The maximum atomic E-state index is 9.22. The Kier molecular flexibility index (Phi) is 7.11. The van der Waals surface area contributed by atoms with E-state index < -0.39 is 15.5 Å². The van der Waals surface area contributed by atoms with Crippen molar-refractivity contribution in [3.63, 3.8) is 0 Å². The third-order valence-electron chi connectivity index (χ3n) is 2.93. The number of hydrogen-bond acceptors (Lipinski definition) is 7. The van der Waals surface area contributed by atoms with Gasteiger partial charge >= 0.3 is 0 Å². The van der Waals surface area contributed by atoms with Crippen molar-refractivity contribution in [2.24, 2.45) is 7.05 Å². The Morgan fingerprint density at radius 2 is 1.40 bits per heavy atom. The first kappa shape index (κ1) is 20.2. The van der Waals surface area contributed by atoms with Crippen LogP contribution in [0.3, 0.4) is 0 Å². The molecule has 1 aromatic heterocycles. The number of benzene rings is 2. The molecule has 0 aliphatic rings. The third kappa shape index (κ3) is 6.63. The van der Waals surface area contributed by atoms with E-state index in [1.54, 1.807) is 0 Å². The summed E-state index contributed by atoms with van der Waals surface area (Å²) in [5, 5.41) is 13.6. The zero-order valence-electron chi connectivity index (χ0n) is 13.3. The first-order chi connectivity index (χ1) is 11.7. The summed E-state index contributed by atoms with van der Waals surface area (Å²) in [4.78, 5) is 13.0. The molecule has 10 nitrogen and oxygen atoms in total. The first-order valence-corrected chi connectivity index (χ1v) is 7.97. The van der Waals surface area contributed by atoms with Gasteiger partial charge in [0.2, 0.25) is 21.4 Å². The van der Waals surface area contributed by atoms with Crippen molar-refractivity contribution in [3.8, 4) is 0 Å². The van der Waals surface area contributed by atoms with Crippen molar-refractivity contribution in [3.05, 3.63) is 58.6 Å². The lowest BCUT2D eigenvalue weighted by Gasteiger charge is -1.99. The molecule has 0 radical (unpaired) electrons. The van der Waals surface area contributed by atoms with Crippen LogP contribution in [-0.4, -0.2) is 35.4 Å². The summed E-state index contributed by atoms with van der Waals surface area (Å²) in [5.41, 5.74) is 4.41. The second-order valence-electron chi connectivity index (χ2n) is 4.46. The van der Waals surface area contributed by atoms with Crippen molar-refractivity contribution in [1.29, 1.82) is 0 Å². The number of hydrogen-bond donors (Lipinski definition) is 1. The Morgan fingerprint density at radius 3 is 1.72 bits per heavy atom. The molecule has 134 valence electrons. The smallest absolute Gasteiger partial charge is 0.291 e. The van der Waals surface area contributed by atoms with Gasteiger partial charge in [-0.25, -0.2) is 13.4 Å². The number of rotatable bonds is 1. The Balaban J connectivity index is 0.000000263. The van der Waals surface area contributed by atoms with Gasteiger partial charge < -0.3 is 9.76 Å². The number of nitrogens with zero attached hydrogens (tertiary/aromatic N) is 3. The van der Waals surface area contributed by atoms with Gasteiger partial charge in [-0.05, 0) is 12.1 Å². The van der Waals surface area contributed by atoms with Gasteiger partial charge in [-0.15, -0.1) is 10.1 Å². The lowest BCUT2D eigenvalue weighted by atomic mass is 10.2. The van der Waals surface area contributed by atoms with Crippen molar-refractivity contribution < 1.29 is 32.0 Å². The fourth-order valence-corrected chi connectivity index (χ4v) is 1.94. The van der Waals surface area contributed by atoms with Crippen LogP contribution >= 0.6 is 0 Å². The van der Waals surface area contributed by atoms with Crippen LogP contribution < -0.4 is 4.57 Å². The fraction of sp³-hybridized carbons (Fsp3) is 0.143. The molecule has 0 unspecified atom stereocenters. The van der Waals surface area contributed by atoms with E-state index in [1.165, 1.54) is 0 Å². The van der Waals surface area contributed by atoms with Gasteiger partial charge in [0.25, 0.3) is 5.09 Å². The maximum Gasteiger partial charge on any atom is 0.291 e. The number of para-hydroxylation sites is 4. The van der Waals surface area contributed by atoms with E-state index in [0.717, 1.165) is 29.2 Å². The molecule has 0 aliphatic carbocycles. The zero-order chi connectivity index (χ0) is 19.0. The number of fused-ring (bicyclic) bond motifs is 2. The molecule has 1 N–H and O–H groups in total. The quantitative estimate of drug-likeness (QED) is 0.167. The van der Waals surface area contributed by atoms with Crippen molar-refractivity contribution >= 4 is 32.5 Å². The summed E-state index contributed by atoms with van der Waals surface area (Å²) in [6.07, 6.45) is 0. The molecule has 1 heterocycles. The molecule has 0 fully saturated rings. The van der Waals surface area contributed by atoms with E-state index in [0.29, 0.717) is 0 Å². The Bertz CT molecular complexity index is 918. The molecule has 0 atom stereocenters. The average molecular weight is 369 g/mol. The molecule has 3 rings (SSSR count). The molecule has 0 saturated carbocycles. The summed E-state index contributed by atoms with van der Waals surface area (Å²) >= 11 is 0. The van der Waals surface area contributed by atoms with Crippen molar-refractivity contribution in [2.75, 3.05) is 7.11 Å². The summed E-state index contributed by atoms with van der Waals surface area (Å²) < 4.78 is 33.2. The van der Waals surface area contributed by atoms with Crippen LogP contribution in [0.1, 0.15) is 0 Å². The second kappa shape index (κ2) is 8.82. The first-order valence-electron chi connectivity index (χ1n) is 6.64. The predicted molar refractivity (Wildman–Crippen MR) is 85.9 cm³/mol. The van der Waals surface area contributed by atoms with E-state index in [1.807, 2.05) is 36.4 Å². The molecule has 0 bridgehead atoms. The highest BCUT2D eigenvalue weighted by atomic mass is 32.3. The SMILES string of the molecule is COS(=O)(=O)[O-].C[n+]1c2ccccc2nc2ccccc21.O=[N+]([O-])O. The average Bonchev–Trinajstić information content (AvgIpc) is 2.55. The Labute approximate surface area is 143 Å². The van der Waals surface area contributed by atoms with Crippen LogP contribution in [-0.2, 0) is 21.6 Å². The fourth-order valence-electron chi connectivity index (χ4n) is 1.94. The molecule has 0 spiro atoms. The molecule has 25 heavy (non-hydrogen) atoms. The topological polar surface area (TPSA) is 147 Å². The highest BCUT2D eigenvalue weighted by Crippen LogP contribution is 2.12. The summed E-state index contributed by atoms with van der Waals surface area (Å²) in [6.45, 7) is 0. The van der Waals surface area contributed by atoms with Gasteiger partial charge in [0.05, 0.1) is 7.11 Å². The molecule has 11 heteroatoms. The van der Waals surface area contributed by atoms with E-state index in [2.05, 4.69) is 32.9 Å². The molecular formula is C14H15N3O7S. The molecule has 2 aromatic carbocycles. The summed E-state index contributed by atoms with van der Waals surface area (Å²) in [5.74, 6) is 0. The van der Waals surface area contributed by atoms with Gasteiger partial charge in [-0.3, -0.25) is 4.18 Å². The van der Waals surface area contributed by atoms with E-state index in [-0.39, 0.29) is 0 Å². The molecule has 3 aromatic rings. The highest BCUT2D eigenvalue weighted by molar-refractivity contribution is 7.80. The number of aryl methyl sites for hydroxylation is 1. The molecular weight excluding hydrogens is 354 g/mol. The zero-order valence-corrected chi connectivity index (χ0v) is 14.1. The van der Waals surface area contributed by atoms with Crippen LogP contribution in [0, 0.1) is 10.1 Å². The van der Waals surface area contributed by atoms with Gasteiger partial charge in [-0.1, -0.05) is 24.3 Å². The summed E-state index contributed by atoms with van der Waals surface area (Å²) in [6, 6.07) is 16.4. The minimum Gasteiger partial charge on any atom is -0.726 e. The molecule has 0 aliphatic heterocycles.